The number of carboxylic acid groups (broad SMARTS) is 1. The highest BCUT2D eigenvalue weighted by atomic mass is 35.5. The van der Waals surface area contributed by atoms with Crippen LogP contribution in [0, 0.1) is 0 Å². The molecule has 2 rings (SSSR count). The number of benzene rings is 2. The van der Waals surface area contributed by atoms with Gasteiger partial charge in [0, 0.05) is 5.02 Å². The van der Waals surface area contributed by atoms with E-state index in [1.54, 1.807) is 37.4 Å². The van der Waals surface area contributed by atoms with Crippen LogP contribution in [0.15, 0.2) is 42.5 Å². The zero-order chi connectivity index (χ0) is 13.8. The Bertz CT molecular complexity index is 591. The van der Waals surface area contributed by atoms with Gasteiger partial charge in [0.05, 0.1) is 12.7 Å². The zero-order valence-corrected chi connectivity index (χ0v) is 11.1. The summed E-state index contributed by atoms with van der Waals surface area (Å²) < 4.78 is 5.09. The van der Waals surface area contributed by atoms with E-state index in [0.29, 0.717) is 11.4 Å². The summed E-state index contributed by atoms with van der Waals surface area (Å²) in [5.41, 5.74) is 2.27. The van der Waals surface area contributed by atoms with E-state index < -0.39 is 5.97 Å². The maximum Gasteiger partial charge on any atom is 0.335 e. The molecule has 0 heterocycles. The average molecular weight is 277 g/mol. The number of hydrogen-bond donors (Lipinski definition) is 1. The number of aromatic carboxylic acids is 1. The fourth-order valence-corrected chi connectivity index (χ4v) is 2.02. The number of carboxylic acids is 1. The molecule has 0 aliphatic rings. The summed E-state index contributed by atoms with van der Waals surface area (Å²) in [5.74, 6) is -0.205. The van der Waals surface area contributed by atoms with E-state index >= 15 is 0 Å². The molecule has 19 heavy (non-hydrogen) atoms. The summed E-state index contributed by atoms with van der Waals surface area (Å²) in [6, 6.07) is 12.3. The standard InChI is InChI=1S/C15H13ClO3/c1-19-13-7-6-12(14(16)9-13)8-10-2-4-11(5-3-10)15(17)18/h2-7,9H,8H2,1H3,(H,17,18). The Kier molecular flexibility index (Phi) is 4.07. The lowest BCUT2D eigenvalue weighted by atomic mass is 10.0. The molecule has 0 aliphatic heterocycles. The minimum absolute atomic E-state index is 0.282. The maximum absolute atomic E-state index is 10.8. The van der Waals surface area contributed by atoms with Crippen LogP contribution in [0.4, 0.5) is 0 Å². The molecule has 0 spiro atoms. The Morgan fingerprint density at radius 2 is 1.89 bits per heavy atom. The zero-order valence-electron chi connectivity index (χ0n) is 10.4. The summed E-state index contributed by atoms with van der Waals surface area (Å²) in [5, 5.41) is 9.47. The molecule has 0 atom stereocenters. The Hall–Kier alpha value is -2.00. The van der Waals surface area contributed by atoms with Crippen LogP contribution in [0.2, 0.25) is 5.02 Å². The molecule has 2 aromatic rings. The summed E-state index contributed by atoms with van der Waals surface area (Å²) in [7, 11) is 1.59. The van der Waals surface area contributed by atoms with Gasteiger partial charge >= 0.3 is 5.97 Å². The van der Waals surface area contributed by atoms with Gasteiger partial charge in [-0.1, -0.05) is 29.8 Å². The highest BCUT2D eigenvalue weighted by Gasteiger charge is 2.05. The molecule has 3 nitrogen and oxygen atoms in total. The second-order valence-corrected chi connectivity index (χ2v) is 4.54. The van der Waals surface area contributed by atoms with Crippen LogP contribution in [0.3, 0.4) is 0 Å². The summed E-state index contributed by atoms with van der Waals surface area (Å²) >= 11 is 6.17. The molecule has 98 valence electrons. The van der Waals surface area contributed by atoms with Crippen LogP contribution in [-0.4, -0.2) is 18.2 Å². The molecule has 0 bridgehead atoms. The van der Waals surface area contributed by atoms with Crippen LogP contribution in [0.1, 0.15) is 21.5 Å². The summed E-state index contributed by atoms with van der Waals surface area (Å²) in [4.78, 5) is 10.8. The number of hydrogen-bond acceptors (Lipinski definition) is 2. The molecule has 0 fully saturated rings. The number of carbonyl (C=O) groups is 1. The van der Waals surface area contributed by atoms with Crippen LogP contribution in [-0.2, 0) is 6.42 Å². The van der Waals surface area contributed by atoms with Crippen molar-refractivity contribution < 1.29 is 14.6 Å². The van der Waals surface area contributed by atoms with E-state index in [-0.39, 0.29) is 5.56 Å². The van der Waals surface area contributed by atoms with Crippen molar-refractivity contribution >= 4 is 17.6 Å². The molecular weight excluding hydrogens is 264 g/mol. The van der Waals surface area contributed by atoms with Gasteiger partial charge in [-0.3, -0.25) is 0 Å². The summed E-state index contributed by atoms with van der Waals surface area (Å²) in [6.45, 7) is 0. The second-order valence-electron chi connectivity index (χ2n) is 4.14. The van der Waals surface area contributed by atoms with Crippen molar-refractivity contribution in [2.75, 3.05) is 7.11 Å². The van der Waals surface area contributed by atoms with Crippen LogP contribution in [0.5, 0.6) is 5.75 Å². The van der Waals surface area contributed by atoms with Gasteiger partial charge in [-0.15, -0.1) is 0 Å². The lowest BCUT2D eigenvalue weighted by Gasteiger charge is -2.07. The second kappa shape index (κ2) is 5.76. The van der Waals surface area contributed by atoms with E-state index in [0.717, 1.165) is 16.9 Å². The van der Waals surface area contributed by atoms with Crippen molar-refractivity contribution in [3.8, 4) is 5.75 Å². The molecule has 4 heteroatoms. The van der Waals surface area contributed by atoms with Gasteiger partial charge in [0.25, 0.3) is 0 Å². The highest BCUT2D eigenvalue weighted by molar-refractivity contribution is 6.31. The quantitative estimate of drug-likeness (QED) is 0.927. The molecule has 0 aromatic heterocycles. The number of ether oxygens (including phenoxy) is 1. The predicted molar refractivity (Wildman–Crippen MR) is 74.2 cm³/mol. The Balaban J connectivity index is 2.19. The van der Waals surface area contributed by atoms with Crippen molar-refractivity contribution in [2.45, 2.75) is 6.42 Å². The third-order valence-corrected chi connectivity index (χ3v) is 3.21. The number of halogens is 1. The first-order valence-corrected chi connectivity index (χ1v) is 6.12. The van der Waals surface area contributed by atoms with Crippen molar-refractivity contribution in [3.05, 3.63) is 64.2 Å². The van der Waals surface area contributed by atoms with Gasteiger partial charge in [-0.2, -0.15) is 0 Å². The van der Waals surface area contributed by atoms with Crippen molar-refractivity contribution in [1.29, 1.82) is 0 Å². The van der Waals surface area contributed by atoms with E-state index in [4.69, 9.17) is 21.4 Å². The van der Waals surface area contributed by atoms with Crippen LogP contribution >= 0.6 is 11.6 Å². The maximum atomic E-state index is 10.8. The van der Waals surface area contributed by atoms with E-state index in [1.165, 1.54) is 0 Å². The Labute approximate surface area is 116 Å². The van der Waals surface area contributed by atoms with Crippen LogP contribution < -0.4 is 4.74 Å². The predicted octanol–water partition coefficient (Wildman–Crippen LogP) is 3.64. The number of rotatable bonds is 4. The molecule has 0 aliphatic carbocycles. The fourth-order valence-electron chi connectivity index (χ4n) is 1.78. The first-order chi connectivity index (χ1) is 9.10. The highest BCUT2D eigenvalue weighted by Crippen LogP contribution is 2.24. The lowest BCUT2D eigenvalue weighted by molar-refractivity contribution is 0.0697. The molecule has 1 N–H and O–H groups in total. The molecule has 0 saturated heterocycles. The first-order valence-electron chi connectivity index (χ1n) is 5.75. The molecular formula is C15H13ClO3. The lowest BCUT2D eigenvalue weighted by Crippen LogP contribution is -1.97. The van der Waals surface area contributed by atoms with Gasteiger partial charge in [-0.05, 0) is 41.8 Å². The summed E-state index contributed by atoms with van der Waals surface area (Å²) in [6.07, 6.45) is 0.655. The molecule has 0 unspecified atom stereocenters. The minimum atomic E-state index is -0.922. The average Bonchev–Trinajstić information content (AvgIpc) is 2.41. The molecule has 0 radical (unpaired) electrons. The van der Waals surface area contributed by atoms with Gasteiger partial charge in [0.2, 0.25) is 0 Å². The molecule has 0 saturated carbocycles. The van der Waals surface area contributed by atoms with Gasteiger partial charge in [0.15, 0.2) is 0 Å². The first kappa shape index (κ1) is 13.4. The van der Waals surface area contributed by atoms with E-state index in [1.807, 2.05) is 12.1 Å². The van der Waals surface area contributed by atoms with E-state index in [2.05, 4.69) is 0 Å². The largest absolute Gasteiger partial charge is 0.497 e. The Morgan fingerprint density at radius 1 is 1.21 bits per heavy atom. The van der Waals surface area contributed by atoms with Crippen molar-refractivity contribution in [1.82, 2.24) is 0 Å². The third-order valence-electron chi connectivity index (χ3n) is 2.86. The van der Waals surface area contributed by atoms with Crippen molar-refractivity contribution in [3.63, 3.8) is 0 Å². The van der Waals surface area contributed by atoms with Gasteiger partial charge < -0.3 is 9.84 Å². The minimum Gasteiger partial charge on any atom is -0.497 e. The Morgan fingerprint density at radius 3 is 2.42 bits per heavy atom. The fraction of sp³-hybridized carbons (Fsp3) is 0.133. The SMILES string of the molecule is COc1ccc(Cc2ccc(C(=O)O)cc2)c(Cl)c1. The monoisotopic (exact) mass is 276 g/mol. The van der Waals surface area contributed by atoms with E-state index in [9.17, 15) is 4.79 Å². The van der Waals surface area contributed by atoms with Crippen LogP contribution in [0.25, 0.3) is 0 Å². The topological polar surface area (TPSA) is 46.5 Å². The van der Waals surface area contributed by atoms with Crippen molar-refractivity contribution in [2.24, 2.45) is 0 Å². The smallest absolute Gasteiger partial charge is 0.335 e. The van der Waals surface area contributed by atoms with Gasteiger partial charge in [0.1, 0.15) is 5.75 Å². The molecule has 2 aromatic carbocycles. The normalized spacial score (nSPS) is 10.2. The number of methoxy groups -OCH3 is 1. The van der Waals surface area contributed by atoms with Gasteiger partial charge in [-0.25, -0.2) is 4.79 Å². The third kappa shape index (κ3) is 3.26. The molecule has 0 amide bonds.